The molecule has 2 fully saturated rings. The van der Waals surface area contributed by atoms with Gasteiger partial charge in [-0.15, -0.1) is 0 Å². The summed E-state index contributed by atoms with van der Waals surface area (Å²) in [5, 5.41) is 12.0. The van der Waals surface area contributed by atoms with Gasteiger partial charge in [0.15, 0.2) is 0 Å². The Bertz CT molecular complexity index is 1020. The van der Waals surface area contributed by atoms with Gasteiger partial charge in [0.25, 0.3) is 5.91 Å². The minimum Gasteiger partial charge on any atom is -0.348 e. The van der Waals surface area contributed by atoms with Gasteiger partial charge >= 0.3 is 6.18 Å². The van der Waals surface area contributed by atoms with Crippen LogP contribution in [0, 0.1) is 24.2 Å². The van der Waals surface area contributed by atoms with Crippen LogP contribution in [0.5, 0.6) is 0 Å². The molecule has 0 bridgehead atoms. The smallest absolute Gasteiger partial charge is 0.348 e. The van der Waals surface area contributed by atoms with Gasteiger partial charge in [-0.1, -0.05) is 12.1 Å². The summed E-state index contributed by atoms with van der Waals surface area (Å²) in [7, 11) is 0. The number of halogens is 3. The molecule has 162 valence electrons. The van der Waals surface area contributed by atoms with Crippen molar-refractivity contribution in [2.75, 3.05) is 0 Å². The van der Waals surface area contributed by atoms with Crippen LogP contribution in [0.2, 0.25) is 0 Å². The van der Waals surface area contributed by atoms with Gasteiger partial charge in [-0.3, -0.25) is 10.2 Å². The van der Waals surface area contributed by atoms with Crippen molar-refractivity contribution in [3.05, 3.63) is 64.5 Å². The molecule has 9 heteroatoms. The van der Waals surface area contributed by atoms with E-state index in [9.17, 15) is 18.0 Å². The van der Waals surface area contributed by atoms with Crippen molar-refractivity contribution >= 4 is 5.91 Å². The second-order valence-corrected chi connectivity index (χ2v) is 8.14. The number of aromatic nitrogens is 1. The van der Waals surface area contributed by atoms with Crippen LogP contribution in [0.15, 0.2) is 36.5 Å². The van der Waals surface area contributed by atoms with Crippen LogP contribution in [0.3, 0.4) is 0 Å². The number of pyridine rings is 1. The zero-order chi connectivity index (χ0) is 22.2. The number of nitrogens with zero attached hydrogens (tertiary/aromatic N) is 2. The highest BCUT2D eigenvalue weighted by Crippen LogP contribution is 2.39. The molecule has 2 heterocycles. The summed E-state index contributed by atoms with van der Waals surface area (Å²) in [4.78, 5) is 16.8. The summed E-state index contributed by atoms with van der Waals surface area (Å²) in [6, 6.07) is 8.85. The monoisotopic (exact) mass is 429 g/mol. The van der Waals surface area contributed by atoms with Crippen molar-refractivity contribution in [2.24, 2.45) is 5.92 Å². The first-order valence-corrected chi connectivity index (χ1v) is 10.1. The fraction of sp³-hybridized carbons (Fsp3) is 0.409. The molecule has 31 heavy (non-hydrogen) atoms. The average molecular weight is 429 g/mol. The van der Waals surface area contributed by atoms with Crippen molar-refractivity contribution in [1.29, 1.82) is 5.26 Å². The molecule has 4 unspecified atom stereocenters. The highest BCUT2D eigenvalue weighted by Gasteiger charge is 2.41. The SMILES string of the molecule is Cc1cc(C#N)cnc1C(=O)NC1CCC2NNC(c3ccc(C(F)(F)F)cc3)C2C1. The lowest BCUT2D eigenvalue weighted by Gasteiger charge is -2.33. The summed E-state index contributed by atoms with van der Waals surface area (Å²) in [5.74, 6) is -0.152. The Labute approximate surface area is 177 Å². The van der Waals surface area contributed by atoms with Crippen molar-refractivity contribution in [3.8, 4) is 6.07 Å². The molecule has 1 aromatic heterocycles. The summed E-state index contributed by atoms with van der Waals surface area (Å²) in [6.07, 6.45) is -0.669. The topological polar surface area (TPSA) is 89.8 Å². The summed E-state index contributed by atoms with van der Waals surface area (Å²) >= 11 is 0. The van der Waals surface area contributed by atoms with Crippen molar-refractivity contribution in [2.45, 2.75) is 50.5 Å². The predicted octanol–water partition coefficient (Wildman–Crippen LogP) is 3.40. The highest BCUT2D eigenvalue weighted by molar-refractivity contribution is 5.93. The van der Waals surface area contributed by atoms with E-state index in [2.05, 4.69) is 21.2 Å². The van der Waals surface area contributed by atoms with Gasteiger partial charge in [0.2, 0.25) is 0 Å². The molecule has 1 aliphatic heterocycles. The van der Waals surface area contributed by atoms with E-state index >= 15 is 0 Å². The molecule has 0 radical (unpaired) electrons. The molecule has 1 saturated heterocycles. The Hall–Kier alpha value is -2.96. The molecule has 1 aromatic carbocycles. The lowest BCUT2D eigenvalue weighted by atomic mass is 9.77. The number of amides is 1. The first-order chi connectivity index (χ1) is 14.8. The van der Waals surface area contributed by atoms with Crippen molar-refractivity contribution < 1.29 is 18.0 Å². The Balaban J connectivity index is 1.45. The number of nitriles is 1. The molecule has 1 aliphatic carbocycles. The van der Waals surface area contributed by atoms with E-state index < -0.39 is 11.7 Å². The van der Waals surface area contributed by atoms with Gasteiger partial charge in [0.05, 0.1) is 17.2 Å². The molecule has 4 rings (SSSR count). The quantitative estimate of drug-likeness (QED) is 0.696. The number of aryl methyl sites for hydroxylation is 1. The maximum absolute atomic E-state index is 12.9. The second-order valence-electron chi connectivity index (χ2n) is 8.14. The van der Waals surface area contributed by atoms with E-state index in [1.54, 1.807) is 13.0 Å². The number of hydrogen-bond acceptors (Lipinski definition) is 5. The highest BCUT2D eigenvalue weighted by atomic mass is 19.4. The number of carbonyl (C=O) groups is 1. The van der Waals surface area contributed by atoms with Crippen LogP contribution >= 0.6 is 0 Å². The molecule has 1 amide bonds. The summed E-state index contributed by atoms with van der Waals surface area (Å²) < 4.78 is 38.6. The first-order valence-electron chi connectivity index (χ1n) is 10.1. The summed E-state index contributed by atoms with van der Waals surface area (Å²) in [6.45, 7) is 1.74. The van der Waals surface area contributed by atoms with E-state index in [1.807, 2.05) is 6.07 Å². The fourth-order valence-electron chi connectivity index (χ4n) is 4.53. The molecular formula is C22H22F3N5O. The number of rotatable bonds is 3. The molecule has 1 saturated carbocycles. The second kappa shape index (κ2) is 8.29. The van der Waals surface area contributed by atoms with Crippen molar-refractivity contribution in [1.82, 2.24) is 21.2 Å². The van der Waals surface area contributed by atoms with Crippen LogP contribution < -0.4 is 16.2 Å². The van der Waals surface area contributed by atoms with E-state index in [1.165, 1.54) is 18.3 Å². The molecule has 0 spiro atoms. The zero-order valence-corrected chi connectivity index (χ0v) is 16.8. The van der Waals surface area contributed by atoms with Crippen LogP contribution in [0.25, 0.3) is 0 Å². The van der Waals surface area contributed by atoms with Crippen molar-refractivity contribution in [3.63, 3.8) is 0 Å². The van der Waals surface area contributed by atoms with E-state index in [0.717, 1.165) is 30.5 Å². The number of hydrazine groups is 1. The Kier molecular flexibility index (Phi) is 5.69. The third kappa shape index (κ3) is 4.40. The lowest BCUT2D eigenvalue weighted by molar-refractivity contribution is -0.137. The average Bonchev–Trinajstić information content (AvgIpc) is 3.16. The summed E-state index contributed by atoms with van der Waals surface area (Å²) in [5.41, 5.74) is 7.91. The van der Waals surface area contributed by atoms with Gasteiger partial charge in [-0.05, 0) is 61.4 Å². The maximum Gasteiger partial charge on any atom is 0.416 e. The molecular weight excluding hydrogens is 407 g/mol. The standard InChI is InChI=1S/C22H22F3N5O/c1-12-8-13(10-26)11-27-19(12)21(31)28-16-6-7-18-17(9-16)20(30-29-18)14-2-4-15(5-3-14)22(23,24)25/h2-5,8,11,16-18,20,29-30H,6-7,9H2,1H3,(H,28,31). The number of benzene rings is 1. The largest absolute Gasteiger partial charge is 0.416 e. The Morgan fingerprint density at radius 3 is 2.61 bits per heavy atom. The first kappa shape index (κ1) is 21.3. The third-order valence-electron chi connectivity index (χ3n) is 6.11. The van der Waals surface area contributed by atoms with E-state index in [0.29, 0.717) is 23.2 Å². The number of carbonyl (C=O) groups excluding carboxylic acids is 1. The minimum absolute atomic E-state index is 0.0655. The fourth-order valence-corrected chi connectivity index (χ4v) is 4.53. The molecule has 6 nitrogen and oxygen atoms in total. The maximum atomic E-state index is 12.9. The normalized spacial score (nSPS) is 25.5. The molecule has 3 N–H and O–H groups in total. The molecule has 2 aromatic rings. The van der Waals surface area contributed by atoms with E-state index in [-0.39, 0.29) is 30.0 Å². The van der Waals surface area contributed by atoms with Crippen LogP contribution in [-0.4, -0.2) is 23.0 Å². The number of nitrogens with one attached hydrogen (secondary N) is 3. The van der Waals surface area contributed by atoms with Gasteiger partial charge in [0, 0.05) is 18.3 Å². The molecule has 2 aliphatic rings. The zero-order valence-electron chi connectivity index (χ0n) is 16.8. The van der Waals surface area contributed by atoms with Gasteiger partial charge < -0.3 is 5.32 Å². The van der Waals surface area contributed by atoms with Gasteiger partial charge in [0.1, 0.15) is 11.8 Å². The molecule has 4 atom stereocenters. The number of hydrogen-bond donors (Lipinski definition) is 3. The van der Waals surface area contributed by atoms with Gasteiger partial charge in [-0.2, -0.15) is 18.4 Å². The predicted molar refractivity (Wildman–Crippen MR) is 107 cm³/mol. The van der Waals surface area contributed by atoms with Crippen LogP contribution in [-0.2, 0) is 6.18 Å². The lowest BCUT2D eigenvalue weighted by Crippen LogP contribution is -2.44. The Morgan fingerprint density at radius 1 is 1.23 bits per heavy atom. The number of fused-ring (bicyclic) bond motifs is 1. The Morgan fingerprint density at radius 2 is 1.97 bits per heavy atom. The third-order valence-corrected chi connectivity index (χ3v) is 6.11. The van der Waals surface area contributed by atoms with Gasteiger partial charge in [-0.25, -0.2) is 10.4 Å². The number of alkyl halides is 3. The van der Waals surface area contributed by atoms with E-state index in [4.69, 9.17) is 5.26 Å². The van der Waals surface area contributed by atoms with Crippen LogP contribution in [0.1, 0.15) is 58.0 Å². The minimum atomic E-state index is -4.36. The van der Waals surface area contributed by atoms with Crippen LogP contribution in [0.4, 0.5) is 13.2 Å².